The Hall–Kier alpha value is -4.44. The van der Waals surface area contributed by atoms with Crippen molar-refractivity contribution in [2.75, 3.05) is 11.9 Å². The van der Waals surface area contributed by atoms with Crippen LogP contribution in [0.3, 0.4) is 0 Å². The van der Waals surface area contributed by atoms with Gasteiger partial charge < -0.3 is 20.5 Å². The van der Waals surface area contributed by atoms with Crippen molar-refractivity contribution >= 4 is 51.5 Å². The molecule has 0 aromatic heterocycles. The van der Waals surface area contributed by atoms with Gasteiger partial charge in [-0.2, -0.15) is 0 Å². The number of imide groups is 1. The first-order valence-corrected chi connectivity index (χ1v) is 11.9. The van der Waals surface area contributed by atoms with Gasteiger partial charge in [0.2, 0.25) is 5.91 Å². The maximum atomic E-state index is 12.8. The number of hydrogen-bond acceptors (Lipinski definition) is 5. The van der Waals surface area contributed by atoms with Crippen LogP contribution in [-0.2, 0) is 16.2 Å². The fourth-order valence-corrected chi connectivity index (χ4v) is 4.00. The minimum absolute atomic E-state index is 0.0484. The van der Waals surface area contributed by atoms with Crippen molar-refractivity contribution < 1.29 is 29.0 Å². The van der Waals surface area contributed by atoms with Gasteiger partial charge in [-0.05, 0) is 76.5 Å². The molecule has 4 amide bonds. The molecule has 0 radical (unpaired) electrons. The second kappa shape index (κ2) is 11.1. The van der Waals surface area contributed by atoms with Gasteiger partial charge in [0.1, 0.15) is 24.6 Å². The van der Waals surface area contributed by atoms with Crippen LogP contribution in [0.5, 0.6) is 5.75 Å². The number of nitrogens with one attached hydrogen (secondary N) is 2. The number of ether oxygens (including phenoxy) is 1. The molecular formula is C27H22BrN3O6. The number of aromatic carboxylic acids is 1. The molecule has 9 nitrogen and oxygen atoms in total. The highest BCUT2D eigenvalue weighted by Gasteiger charge is 2.34. The monoisotopic (exact) mass is 563 g/mol. The average Bonchev–Trinajstić information content (AvgIpc) is 3.12. The highest BCUT2D eigenvalue weighted by Crippen LogP contribution is 2.28. The summed E-state index contributed by atoms with van der Waals surface area (Å²) in [4.78, 5) is 49.2. The molecule has 0 saturated carbocycles. The van der Waals surface area contributed by atoms with Crippen molar-refractivity contribution in [2.24, 2.45) is 0 Å². The van der Waals surface area contributed by atoms with Crippen LogP contribution in [0.1, 0.15) is 27.0 Å². The zero-order valence-corrected chi connectivity index (χ0v) is 21.2. The Bertz CT molecular complexity index is 1400. The number of aryl methyl sites for hydroxylation is 1. The fraction of sp³-hybridized carbons (Fsp3) is 0.111. The Morgan fingerprint density at radius 1 is 1.05 bits per heavy atom. The van der Waals surface area contributed by atoms with E-state index < -0.39 is 30.4 Å². The number of carbonyl (C=O) groups excluding carboxylic acids is 3. The van der Waals surface area contributed by atoms with Crippen LogP contribution in [0.2, 0.25) is 0 Å². The number of rotatable bonds is 8. The van der Waals surface area contributed by atoms with Crippen molar-refractivity contribution in [1.82, 2.24) is 10.2 Å². The third-order valence-electron chi connectivity index (χ3n) is 5.46. The summed E-state index contributed by atoms with van der Waals surface area (Å²) in [5, 5.41) is 14.2. The molecule has 0 bridgehead atoms. The van der Waals surface area contributed by atoms with Crippen LogP contribution in [0, 0.1) is 6.92 Å². The SMILES string of the molecule is Cc1ccc(NC(=O)CN2C(=O)N/C(=C/c3ccc(OCc4ccc(C(=O)O)cc4)c(Br)c3)C2=O)cc1. The first-order chi connectivity index (χ1) is 17.7. The quantitative estimate of drug-likeness (QED) is 0.272. The molecule has 1 fully saturated rings. The molecule has 37 heavy (non-hydrogen) atoms. The number of carboxylic acids is 1. The van der Waals surface area contributed by atoms with E-state index in [4.69, 9.17) is 9.84 Å². The summed E-state index contributed by atoms with van der Waals surface area (Å²) < 4.78 is 6.42. The largest absolute Gasteiger partial charge is 0.488 e. The van der Waals surface area contributed by atoms with Gasteiger partial charge in [0.05, 0.1) is 10.0 Å². The number of carboxylic acid groups (broad SMARTS) is 1. The average molecular weight is 564 g/mol. The second-order valence-electron chi connectivity index (χ2n) is 8.27. The first kappa shape index (κ1) is 25.6. The summed E-state index contributed by atoms with van der Waals surface area (Å²) in [7, 11) is 0. The van der Waals surface area contributed by atoms with Crippen LogP contribution < -0.4 is 15.4 Å². The van der Waals surface area contributed by atoms with Crippen LogP contribution in [0.25, 0.3) is 6.08 Å². The standard InChI is InChI=1S/C27H22BrN3O6/c1-16-2-9-20(10-3-16)29-24(32)14-31-25(33)22(30-27(31)36)13-18-6-11-23(21(28)12-18)37-15-17-4-7-19(8-5-17)26(34)35/h2-13H,14-15H2,1H3,(H,29,32)(H,30,36)(H,34,35)/b22-13+. The molecule has 3 aromatic rings. The summed E-state index contributed by atoms with van der Waals surface area (Å²) in [6.07, 6.45) is 1.51. The lowest BCUT2D eigenvalue weighted by molar-refractivity contribution is -0.127. The summed E-state index contributed by atoms with van der Waals surface area (Å²) >= 11 is 3.44. The van der Waals surface area contributed by atoms with Crippen LogP contribution in [-0.4, -0.2) is 40.4 Å². The minimum Gasteiger partial charge on any atom is -0.488 e. The molecule has 0 atom stereocenters. The number of anilines is 1. The molecule has 0 aliphatic carbocycles. The Morgan fingerprint density at radius 2 is 1.76 bits per heavy atom. The molecule has 0 unspecified atom stereocenters. The van der Waals surface area contributed by atoms with Crippen molar-refractivity contribution in [3.05, 3.63) is 99.2 Å². The summed E-state index contributed by atoms with van der Waals surface area (Å²) in [6.45, 7) is 1.74. The van der Waals surface area contributed by atoms with Crippen LogP contribution >= 0.6 is 15.9 Å². The summed E-state index contributed by atoms with van der Waals surface area (Å²) in [5.41, 5.74) is 3.28. The highest BCUT2D eigenvalue weighted by atomic mass is 79.9. The molecule has 0 spiro atoms. The Labute approximate surface area is 220 Å². The Kier molecular flexibility index (Phi) is 7.69. The van der Waals surface area contributed by atoms with Crippen molar-refractivity contribution in [2.45, 2.75) is 13.5 Å². The molecule has 188 valence electrons. The van der Waals surface area contributed by atoms with E-state index in [0.717, 1.165) is 16.0 Å². The molecule has 1 saturated heterocycles. The van der Waals surface area contributed by atoms with Crippen molar-refractivity contribution in [1.29, 1.82) is 0 Å². The third-order valence-corrected chi connectivity index (χ3v) is 6.08. The van der Waals surface area contributed by atoms with E-state index >= 15 is 0 Å². The van der Waals surface area contributed by atoms with E-state index in [-0.39, 0.29) is 17.9 Å². The molecular weight excluding hydrogens is 542 g/mol. The lowest BCUT2D eigenvalue weighted by Crippen LogP contribution is -2.38. The van der Waals surface area contributed by atoms with Gasteiger partial charge >= 0.3 is 12.0 Å². The molecule has 3 aromatic carbocycles. The third kappa shape index (κ3) is 6.42. The van der Waals surface area contributed by atoms with Crippen molar-refractivity contribution in [3.63, 3.8) is 0 Å². The lowest BCUT2D eigenvalue weighted by atomic mass is 10.1. The lowest BCUT2D eigenvalue weighted by Gasteiger charge is -2.12. The van der Waals surface area contributed by atoms with E-state index in [1.165, 1.54) is 18.2 Å². The summed E-state index contributed by atoms with van der Waals surface area (Å²) in [6, 6.07) is 18.0. The molecule has 4 rings (SSSR count). The molecule has 1 aliphatic rings. The predicted octanol–water partition coefficient (Wildman–Crippen LogP) is 4.57. The smallest absolute Gasteiger partial charge is 0.335 e. The maximum Gasteiger partial charge on any atom is 0.335 e. The van der Waals surface area contributed by atoms with Gasteiger partial charge in [-0.1, -0.05) is 35.9 Å². The van der Waals surface area contributed by atoms with Gasteiger partial charge in [0.15, 0.2) is 0 Å². The van der Waals surface area contributed by atoms with Crippen molar-refractivity contribution in [3.8, 4) is 5.75 Å². The number of hydrogen-bond donors (Lipinski definition) is 3. The predicted molar refractivity (Wildman–Crippen MR) is 140 cm³/mol. The van der Waals surface area contributed by atoms with Gasteiger partial charge in [0.25, 0.3) is 5.91 Å². The number of halogens is 1. The number of urea groups is 1. The normalized spacial score (nSPS) is 14.0. The number of nitrogens with zero attached hydrogens (tertiary/aromatic N) is 1. The minimum atomic E-state index is -0.995. The number of benzene rings is 3. The van der Waals surface area contributed by atoms with E-state index in [0.29, 0.717) is 21.5 Å². The van der Waals surface area contributed by atoms with E-state index in [1.54, 1.807) is 42.5 Å². The maximum absolute atomic E-state index is 12.8. The summed E-state index contributed by atoms with van der Waals surface area (Å²) in [5.74, 6) is -1.55. The molecule has 1 heterocycles. The number of amides is 4. The van der Waals surface area contributed by atoms with E-state index in [2.05, 4.69) is 26.6 Å². The van der Waals surface area contributed by atoms with E-state index in [9.17, 15) is 19.2 Å². The number of carbonyl (C=O) groups is 4. The Morgan fingerprint density at radius 3 is 2.41 bits per heavy atom. The zero-order valence-electron chi connectivity index (χ0n) is 19.7. The second-order valence-corrected chi connectivity index (χ2v) is 9.13. The van der Waals surface area contributed by atoms with E-state index in [1.807, 2.05) is 19.1 Å². The van der Waals surface area contributed by atoms with Gasteiger partial charge in [0, 0.05) is 5.69 Å². The Balaban J connectivity index is 1.37. The van der Waals surface area contributed by atoms with Crippen LogP contribution in [0.4, 0.5) is 10.5 Å². The molecule has 10 heteroatoms. The van der Waals surface area contributed by atoms with Gasteiger partial charge in [-0.25, -0.2) is 14.5 Å². The van der Waals surface area contributed by atoms with Gasteiger partial charge in [-0.15, -0.1) is 0 Å². The highest BCUT2D eigenvalue weighted by molar-refractivity contribution is 9.10. The fourth-order valence-electron chi connectivity index (χ4n) is 3.49. The van der Waals surface area contributed by atoms with Gasteiger partial charge in [-0.3, -0.25) is 9.59 Å². The van der Waals surface area contributed by atoms with Crippen LogP contribution in [0.15, 0.2) is 76.9 Å². The zero-order chi connectivity index (χ0) is 26.5. The topological polar surface area (TPSA) is 125 Å². The molecule has 1 aliphatic heterocycles. The first-order valence-electron chi connectivity index (χ1n) is 11.2. The molecule has 3 N–H and O–H groups in total.